The Morgan fingerprint density at radius 3 is 2.10 bits per heavy atom. The maximum Gasteiger partial charge on any atom is 0.185 e. The molecule has 0 radical (unpaired) electrons. The van der Waals surface area contributed by atoms with Crippen LogP contribution in [0.2, 0.25) is 0 Å². The molecule has 0 fully saturated rings. The molecule has 2 aromatic carbocycles. The Labute approximate surface area is 125 Å². The lowest BCUT2D eigenvalue weighted by atomic mass is 10.1. The predicted octanol–water partition coefficient (Wildman–Crippen LogP) is 3.24. The highest BCUT2D eigenvalue weighted by molar-refractivity contribution is 7.91. The summed E-state index contributed by atoms with van der Waals surface area (Å²) in [5.41, 5.74) is 0.663. The number of sulfone groups is 1. The van der Waals surface area contributed by atoms with Crippen LogP contribution in [-0.4, -0.2) is 22.6 Å². The van der Waals surface area contributed by atoms with Crippen molar-refractivity contribution in [3.63, 3.8) is 0 Å². The summed E-state index contributed by atoms with van der Waals surface area (Å²) >= 11 is 0. The molecule has 5 heteroatoms. The highest BCUT2D eigenvalue weighted by Crippen LogP contribution is 2.34. The van der Waals surface area contributed by atoms with Crippen LogP contribution in [0.5, 0.6) is 11.5 Å². The van der Waals surface area contributed by atoms with Gasteiger partial charge in [0.05, 0.1) is 24.4 Å². The van der Waals surface area contributed by atoms with Crippen molar-refractivity contribution in [1.82, 2.24) is 0 Å². The normalized spacial score (nSPS) is 12.7. The molecule has 0 saturated carbocycles. The molecule has 1 atom stereocenters. The average molecular weight is 306 g/mol. The van der Waals surface area contributed by atoms with E-state index in [9.17, 15) is 8.42 Å². The zero-order chi connectivity index (χ0) is 15.5. The van der Waals surface area contributed by atoms with Gasteiger partial charge in [0.15, 0.2) is 21.3 Å². The summed E-state index contributed by atoms with van der Waals surface area (Å²) in [6, 6.07) is 13.6. The van der Waals surface area contributed by atoms with E-state index < -0.39 is 15.1 Å². The van der Waals surface area contributed by atoms with E-state index in [4.69, 9.17) is 9.47 Å². The molecule has 0 unspecified atom stereocenters. The summed E-state index contributed by atoms with van der Waals surface area (Å²) in [5.74, 6) is 1.09. The van der Waals surface area contributed by atoms with Crippen molar-refractivity contribution in [3.8, 4) is 11.5 Å². The third-order valence-corrected chi connectivity index (χ3v) is 5.55. The van der Waals surface area contributed by atoms with E-state index in [-0.39, 0.29) is 0 Å². The fraction of sp³-hybridized carbons (Fsp3) is 0.250. The molecule has 0 spiro atoms. The van der Waals surface area contributed by atoms with Gasteiger partial charge in [0, 0.05) is 0 Å². The van der Waals surface area contributed by atoms with Gasteiger partial charge < -0.3 is 9.47 Å². The Hall–Kier alpha value is -2.01. The van der Waals surface area contributed by atoms with Crippen LogP contribution in [0.15, 0.2) is 53.4 Å². The summed E-state index contributed by atoms with van der Waals surface area (Å²) < 4.78 is 35.6. The van der Waals surface area contributed by atoms with Crippen molar-refractivity contribution in [3.05, 3.63) is 54.1 Å². The van der Waals surface area contributed by atoms with Crippen molar-refractivity contribution in [2.24, 2.45) is 0 Å². The Balaban J connectivity index is 2.42. The van der Waals surface area contributed by atoms with Crippen LogP contribution in [0.1, 0.15) is 17.7 Å². The molecule has 0 bridgehead atoms. The largest absolute Gasteiger partial charge is 0.493 e. The van der Waals surface area contributed by atoms with Crippen LogP contribution in [-0.2, 0) is 9.84 Å². The monoisotopic (exact) mass is 306 g/mol. The van der Waals surface area contributed by atoms with Crippen molar-refractivity contribution >= 4 is 9.84 Å². The lowest BCUT2D eigenvalue weighted by molar-refractivity contribution is 0.354. The van der Waals surface area contributed by atoms with Crippen LogP contribution < -0.4 is 9.47 Å². The van der Waals surface area contributed by atoms with Crippen LogP contribution in [0.3, 0.4) is 0 Å². The van der Waals surface area contributed by atoms with Gasteiger partial charge in [-0.05, 0) is 36.8 Å². The Morgan fingerprint density at radius 1 is 0.905 bits per heavy atom. The van der Waals surface area contributed by atoms with Crippen molar-refractivity contribution < 1.29 is 17.9 Å². The van der Waals surface area contributed by atoms with E-state index in [1.807, 2.05) is 0 Å². The Morgan fingerprint density at radius 2 is 1.52 bits per heavy atom. The zero-order valence-corrected chi connectivity index (χ0v) is 13.1. The molecule has 4 nitrogen and oxygen atoms in total. The fourth-order valence-corrected chi connectivity index (χ4v) is 3.55. The van der Waals surface area contributed by atoms with E-state index in [1.54, 1.807) is 62.6 Å². The quantitative estimate of drug-likeness (QED) is 0.851. The molecule has 0 N–H and O–H groups in total. The van der Waals surface area contributed by atoms with Gasteiger partial charge in [-0.3, -0.25) is 0 Å². The second-order valence-electron chi connectivity index (χ2n) is 4.61. The molecule has 0 aliphatic heterocycles. The zero-order valence-electron chi connectivity index (χ0n) is 12.2. The summed E-state index contributed by atoms with van der Waals surface area (Å²) in [5, 5.41) is -0.667. The van der Waals surface area contributed by atoms with Gasteiger partial charge in [-0.15, -0.1) is 0 Å². The number of ether oxygens (including phenoxy) is 2. The van der Waals surface area contributed by atoms with E-state index in [0.29, 0.717) is 22.0 Å². The fourth-order valence-electron chi connectivity index (χ4n) is 2.10. The average Bonchev–Trinajstić information content (AvgIpc) is 2.54. The molecule has 2 aromatic rings. The number of hydrogen-bond donors (Lipinski definition) is 0. The molecular weight excluding hydrogens is 288 g/mol. The van der Waals surface area contributed by atoms with Gasteiger partial charge in [0.1, 0.15) is 0 Å². The van der Waals surface area contributed by atoms with Gasteiger partial charge in [-0.2, -0.15) is 0 Å². The van der Waals surface area contributed by atoms with Crippen LogP contribution in [0.25, 0.3) is 0 Å². The minimum atomic E-state index is -3.43. The number of methoxy groups -OCH3 is 2. The van der Waals surface area contributed by atoms with E-state index >= 15 is 0 Å². The molecule has 0 aromatic heterocycles. The first-order valence-corrected chi connectivity index (χ1v) is 8.06. The minimum Gasteiger partial charge on any atom is -0.493 e. The van der Waals surface area contributed by atoms with Crippen LogP contribution in [0, 0.1) is 0 Å². The summed E-state index contributed by atoms with van der Waals surface area (Å²) in [6.45, 7) is 1.67. The Kier molecular flexibility index (Phi) is 4.53. The summed E-state index contributed by atoms with van der Waals surface area (Å²) in [6.07, 6.45) is 0. The second-order valence-corrected chi connectivity index (χ2v) is 6.88. The van der Waals surface area contributed by atoms with Gasteiger partial charge in [-0.25, -0.2) is 8.42 Å². The first-order valence-electron chi connectivity index (χ1n) is 6.51. The summed E-state index contributed by atoms with van der Waals surface area (Å²) in [4.78, 5) is 0.312. The van der Waals surface area contributed by atoms with Crippen molar-refractivity contribution in [2.75, 3.05) is 14.2 Å². The summed E-state index contributed by atoms with van der Waals surface area (Å²) in [7, 11) is -0.364. The minimum absolute atomic E-state index is 0.312. The highest BCUT2D eigenvalue weighted by atomic mass is 32.2. The Bertz CT molecular complexity index is 708. The molecule has 2 rings (SSSR count). The number of benzene rings is 2. The topological polar surface area (TPSA) is 52.6 Å². The molecule has 0 saturated heterocycles. The van der Waals surface area contributed by atoms with Crippen LogP contribution >= 0.6 is 0 Å². The molecule has 0 heterocycles. The maximum atomic E-state index is 12.6. The van der Waals surface area contributed by atoms with Gasteiger partial charge in [-0.1, -0.05) is 24.3 Å². The molecule has 0 aliphatic carbocycles. The second kappa shape index (κ2) is 6.18. The SMILES string of the molecule is COc1ccc([C@H](C)S(=O)(=O)c2ccccc2)cc1OC. The van der Waals surface area contributed by atoms with E-state index in [2.05, 4.69) is 0 Å². The van der Waals surface area contributed by atoms with Gasteiger partial charge in [0.2, 0.25) is 0 Å². The number of hydrogen-bond acceptors (Lipinski definition) is 4. The first kappa shape index (κ1) is 15.4. The van der Waals surface area contributed by atoms with Crippen molar-refractivity contribution in [2.45, 2.75) is 17.1 Å². The smallest absolute Gasteiger partial charge is 0.185 e. The lowest BCUT2D eigenvalue weighted by Gasteiger charge is -2.15. The number of rotatable bonds is 5. The first-order chi connectivity index (χ1) is 10.0. The predicted molar refractivity (Wildman–Crippen MR) is 81.6 cm³/mol. The van der Waals surface area contributed by atoms with Crippen LogP contribution in [0.4, 0.5) is 0 Å². The highest BCUT2D eigenvalue weighted by Gasteiger charge is 2.25. The third-order valence-electron chi connectivity index (χ3n) is 3.41. The molecule has 112 valence electrons. The van der Waals surface area contributed by atoms with Gasteiger partial charge >= 0.3 is 0 Å². The van der Waals surface area contributed by atoms with Gasteiger partial charge in [0.25, 0.3) is 0 Å². The lowest BCUT2D eigenvalue weighted by Crippen LogP contribution is -2.10. The molecule has 21 heavy (non-hydrogen) atoms. The van der Waals surface area contributed by atoms with E-state index in [1.165, 1.54) is 7.11 Å². The molecule has 0 aliphatic rings. The molecular formula is C16H18O4S. The third kappa shape index (κ3) is 3.03. The van der Waals surface area contributed by atoms with E-state index in [0.717, 1.165) is 0 Å². The molecule has 0 amide bonds. The maximum absolute atomic E-state index is 12.6. The van der Waals surface area contributed by atoms with Crippen molar-refractivity contribution in [1.29, 1.82) is 0 Å². The standard InChI is InChI=1S/C16H18O4S/c1-12(21(17,18)14-7-5-4-6-8-14)13-9-10-15(19-2)16(11-13)20-3/h4-12H,1-3H3/t12-/m0/s1.